The van der Waals surface area contributed by atoms with Crippen molar-refractivity contribution in [1.82, 2.24) is 30.4 Å². The summed E-state index contributed by atoms with van der Waals surface area (Å²) in [5.41, 5.74) is 11.8. The predicted octanol–water partition coefficient (Wildman–Crippen LogP) is 5.83. The van der Waals surface area contributed by atoms with E-state index in [1.807, 2.05) is 102 Å². The minimum atomic E-state index is -0.750. The number of likely N-dealkylation sites (tertiary alicyclic amines) is 2. The summed E-state index contributed by atoms with van der Waals surface area (Å²) < 4.78 is 0. The number of nitrogens with one attached hydrogen (secondary N) is 3. The van der Waals surface area contributed by atoms with Gasteiger partial charge < -0.3 is 31.2 Å². The fourth-order valence-electron chi connectivity index (χ4n) is 7.89. The maximum Gasteiger partial charge on any atom is 0.251 e. The molecule has 1 saturated carbocycles. The van der Waals surface area contributed by atoms with Gasteiger partial charge in [0, 0.05) is 48.3 Å². The highest BCUT2D eigenvalue weighted by molar-refractivity contribution is 5.94. The third kappa shape index (κ3) is 8.72. The number of H-pyrrole nitrogens is 1. The molecule has 11 heteroatoms. The normalized spacial score (nSPS) is 18.5. The Morgan fingerprint density at radius 3 is 2.03 bits per heavy atom. The van der Waals surface area contributed by atoms with E-state index in [0.29, 0.717) is 25.2 Å². The van der Waals surface area contributed by atoms with Crippen molar-refractivity contribution in [2.24, 2.45) is 11.7 Å². The van der Waals surface area contributed by atoms with Gasteiger partial charge in [0.25, 0.3) is 5.91 Å². The van der Waals surface area contributed by atoms with Gasteiger partial charge in [0.2, 0.25) is 17.7 Å². The molecular weight excluding hydrogens is 727 g/mol. The molecule has 3 fully saturated rings. The topological polar surface area (TPSA) is 154 Å². The van der Waals surface area contributed by atoms with Crippen LogP contribution in [0.1, 0.15) is 95.1 Å². The molecule has 4 atom stereocenters. The first-order valence-corrected chi connectivity index (χ1v) is 20.1. The Labute approximate surface area is 338 Å². The fourth-order valence-corrected chi connectivity index (χ4v) is 7.89. The van der Waals surface area contributed by atoms with Gasteiger partial charge in [-0.05, 0) is 91.6 Å². The van der Waals surface area contributed by atoms with E-state index in [1.54, 1.807) is 23.2 Å². The van der Waals surface area contributed by atoms with E-state index in [4.69, 9.17) is 5.73 Å². The van der Waals surface area contributed by atoms with Crippen molar-refractivity contribution in [2.45, 2.75) is 62.7 Å². The van der Waals surface area contributed by atoms with Crippen LogP contribution in [0, 0.1) is 17.8 Å². The standard InChI is InChI=1S/C47H47N7O4/c48-41(34-9-3-1-4-10-34)46(57)54-28-8-14-40(54)43-49-30-39(51-43)33-21-17-31(18-22-33)15-16-32-19-23-36(24-20-32)44(55)50-29-38-13-7-27-53(38)47(58)42(35-11-5-2-6-12-35)52-45(56)37-25-26-37/h1-6,9-12,17-24,30,37-38,40-42H,7-8,13-14,25-29,48H2,(H,49,51)(H,50,55)(H,52,56)/t38-,40-,41+,42+/m0/s1. The van der Waals surface area contributed by atoms with Crippen molar-refractivity contribution in [3.63, 3.8) is 0 Å². The van der Waals surface area contributed by atoms with Gasteiger partial charge in [-0.15, -0.1) is 0 Å². The minimum absolute atomic E-state index is 0.0128. The summed E-state index contributed by atoms with van der Waals surface area (Å²) >= 11 is 0. The number of aromatic amines is 1. The number of imidazole rings is 1. The van der Waals surface area contributed by atoms with Crippen LogP contribution >= 0.6 is 0 Å². The molecule has 1 aliphatic carbocycles. The average Bonchev–Trinajstić information content (AvgIpc) is 3.59. The van der Waals surface area contributed by atoms with Gasteiger partial charge >= 0.3 is 0 Å². The third-order valence-electron chi connectivity index (χ3n) is 11.3. The van der Waals surface area contributed by atoms with Crippen LogP contribution in [-0.4, -0.2) is 69.1 Å². The minimum Gasteiger partial charge on any atom is -0.350 e. The zero-order valence-corrected chi connectivity index (χ0v) is 32.3. The molecule has 0 unspecified atom stereocenters. The second kappa shape index (κ2) is 17.3. The van der Waals surface area contributed by atoms with E-state index < -0.39 is 12.1 Å². The summed E-state index contributed by atoms with van der Waals surface area (Å²) in [4.78, 5) is 64.8. The molecule has 294 valence electrons. The van der Waals surface area contributed by atoms with Crippen LogP contribution in [0.2, 0.25) is 0 Å². The molecule has 0 radical (unpaired) electrons. The van der Waals surface area contributed by atoms with E-state index in [0.717, 1.165) is 77.9 Å². The van der Waals surface area contributed by atoms with E-state index in [-0.39, 0.29) is 41.6 Å². The van der Waals surface area contributed by atoms with Crippen LogP contribution < -0.4 is 16.4 Å². The van der Waals surface area contributed by atoms with Gasteiger partial charge in [0.05, 0.1) is 17.9 Å². The van der Waals surface area contributed by atoms with Crippen molar-refractivity contribution in [3.05, 3.63) is 149 Å². The Morgan fingerprint density at radius 1 is 0.741 bits per heavy atom. The summed E-state index contributed by atoms with van der Waals surface area (Å²) in [5, 5.41) is 6.01. The Hall–Kier alpha value is -6.51. The van der Waals surface area contributed by atoms with Crippen LogP contribution in [-0.2, 0) is 14.4 Å². The van der Waals surface area contributed by atoms with Crippen LogP contribution in [0.25, 0.3) is 11.3 Å². The number of aromatic nitrogens is 2. The van der Waals surface area contributed by atoms with Crippen molar-refractivity contribution in [1.29, 1.82) is 0 Å². The van der Waals surface area contributed by atoms with Gasteiger partial charge in [-0.2, -0.15) is 0 Å². The maximum absolute atomic E-state index is 13.8. The first kappa shape index (κ1) is 38.4. The van der Waals surface area contributed by atoms with E-state index in [1.165, 1.54) is 0 Å². The highest BCUT2D eigenvalue weighted by atomic mass is 16.2. The molecule has 8 rings (SSSR count). The van der Waals surface area contributed by atoms with Gasteiger partial charge in [-0.25, -0.2) is 4.98 Å². The lowest BCUT2D eigenvalue weighted by molar-refractivity contribution is -0.137. The lowest BCUT2D eigenvalue weighted by atomic mass is 10.0. The monoisotopic (exact) mass is 773 g/mol. The third-order valence-corrected chi connectivity index (χ3v) is 11.3. The summed E-state index contributed by atoms with van der Waals surface area (Å²) in [6.45, 7) is 1.55. The van der Waals surface area contributed by atoms with Crippen molar-refractivity contribution in [2.75, 3.05) is 19.6 Å². The molecule has 58 heavy (non-hydrogen) atoms. The van der Waals surface area contributed by atoms with E-state index in [9.17, 15) is 19.2 Å². The molecule has 1 aromatic heterocycles. The number of nitrogens with zero attached hydrogens (tertiary/aromatic N) is 3. The largest absolute Gasteiger partial charge is 0.350 e. The number of rotatable bonds is 11. The van der Waals surface area contributed by atoms with Crippen LogP contribution in [0.5, 0.6) is 0 Å². The lowest BCUT2D eigenvalue weighted by Crippen LogP contribution is -2.48. The molecule has 0 spiro atoms. The molecule has 0 bridgehead atoms. The van der Waals surface area contributed by atoms with Gasteiger partial charge in [0.1, 0.15) is 17.9 Å². The Kier molecular flexibility index (Phi) is 11.5. The lowest BCUT2D eigenvalue weighted by Gasteiger charge is -2.30. The number of amides is 4. The molecule has 5 aromatic rings. The van der Waals surface area contributed by atoms with E-state index >= 15 is 0 Å². The molecule has 5 N–H and O–H groups in total. The molecular formula is C47H47N7O4. The summed E-state index contributed by atoms with van der Waals surface area (Å²) in [6.07, 6.45) is 6.83. The van der Waals surface area contributed by atoms with Crippen molar-refractivity contribution >= 4 is 23.6 Å². The van der Waals surface area contributed by atoms with Gasteiger partial charge in [-0.3, -0.25) is 19.2 Å². The molecule has 4 aromatic carbocycles. The number of benzene rings is 4. The average molecular weight is 774 g/mol. The van der Waals surface area contributed by atoms with Gasteiger partial charge in [0.15, 0.2) is 0 Å². The number of nitrogens with two attached hydrogens (primary N) is 1. The van der Waals surface area contributed by atoms with E-state index in [2.05, 4.69) is 32.4 Å². The second-order valence-corrected chi connectivity index (χ2v) is 15.3. The maximum atomic E-state index is 13.8. The SMILES string of the molecule is N[C@@H](C(=O)N1CCC[C@H]1c1ncc(-c2ccc(C#Cc3ccc(C(=O)NC[C@@H]4CCCN4C(=O)[C@H](NC(=O)C4CC4)c4ccccc4)cc3)cc2)[nH]1)c1ccccc1. The molecule has 2 aliphatic heterocycles. The van der Waals surface area contributed by atoms with Crippen LogP contribution in [0.4, 0.5) is 0 Å². The van der Waals surface area contributed by atoms with Crippen molar-refractivity contribution < 1.29 is 19.2 Å². The molecule has 3 heterocycles. The number of hydrogen-bond acceptors (Lipinski definition) is 6. The Balaban J connectivity index is 0.846. The Morgan fingerprint density at radius 2 is 1.36 bits per heavy atom. The molecule has 3 aliphatic rings. The number of carbonyl (C=O) groups is 4. The second-order valence-electron chi connectivity index (χ2n) is 15.3. The first-order valence-electron chi connectivity index (χ1n) is 20.1. The molecule has 11 nitrogen and oxygen atoms in total. The van der Waals surface area contributed by atoms with Crippen molar-refractivity contribution in [3.8, 4) is 23.1 Å². The van der Waals surface area contributed by atoms with Gasteiger partial charge in [-0.1, -0.05) is 84.6 Å². The van der Waals surface area contributed by atoms with Crippen LogP contribution in [0.15, 0.2) is 115 Å². The Bertz CT molecular complexity index is 2310. The number of carbonyl (C=O) groups excluding carboxylic acids is 4. The highest BCUT2D eigenvalue weighted by Crippen LogP contribution is 2.34. The zero-order valence-electron chi connectivity index (χ0n) is 32.3. The first-order chi connectivity index (χ1) is 28.3. The highest BCUT2D eigenvalue weighted by Gasteiger charge is 2.38. The summed E-state index contributed by atoms with van der Waals surface area (Å²) in [6, 6.07) is 32.1. The van der Waals surface area contributed by atoms with Crippen LogP contribution in [0.3, 0.4) is 0 Å². The summed E-state index contributed by atoms with van der Waals surface area (Å²) in [7, 11) is 0. The zero-order chi connectivity index (χ0) is 40.0. The molecule has 2 saturated heterocycles. The quantitative estimate of drug-likeness (QED) is 0.124. The number of hydrogen-bond donors (Lipinski definition) is 4. The smallest absolute Gasteiger partial charge is 0.251 e. The fraction of sp³-hybridized carbons (Fsp3) is 0.298. The summed E-state index contributed by atoms with van der Waals surface area (Å²) in [5.74, 6) is 6.58. The molecule has 4 amide bonds. The predicted molar refractivity (Wildman–Crippen MR) is 221 cm³/mol.